The first-order valence-corrected chi connectivity index (χ1v) is 8.80. The molecule has 0 unspecified atom stereocenters. The first kappa shape index (κ1) is 16.2. The van der Waals surface area contributed by atoms with Crippen LogP contribution >= 0.6 is 0 Å². The average molecular weight is 337 g/mol. The summed E-state index contributed by atoms with van der Waals surface area (Å²) in [5.74, 6) is 1.41. The number of piperazine rings is 1. The van der Waals surface area contributed by atoms with Gasteiger partial charge in [0.1, 0.15) is 0 Å². The Balaban J connectivity index is 1.40. The van der Waals surface area contributed by atoms with Crippen molar-refractivity contribution >= 4 is 10.9 Å². The molecule has 3 aromatic rings. The van der Waals surface area contributed by atoms with Gasteiger partial charge in [-0.2, -0.15) is 4.98 Å². The van der Waals surface area contributed by atoms with Gasteiger partial charge in [0.15, 0.2) is 5.82 Å². The summed E-state index contributed by atoms with van der Waals surface area (Å²) >= 11 is 0. The number of pyridine rings is 1. The fourth-order valence-electron chi connectivity index (χ4n) is 3.48. The van der Waals surface area contributed by atoms with Crippen LogP contribution < -0.4 is 0 Å². The predicted octanol–water partition coefficient (Wildman–Crippen LogP) is 2.81. The summed E-state index contributed by atoms with van der Waals surface area (Å²) in [6, 6.07) is 10.7. The molecule has 0 aliphatic carbocycles. The van der Waals surface area contributed by atoms with E-state index in [2.05, 4.69) is 56.1 Å². The van der Waals surface area contributed by atoms with Crippen molar-refractivity contribution in [3.05, 3.63) is 53.8 Å². The Morgan fingerprint density at radius 1 is 1.12 bits per heavy atom. The maximum Gasteiger partial charge on any atom is 0.243 e. The maximum atomic E-state index is 5.33. The van der Waals surface area contributed by atoms with Gasteiger partial charge in [-0.3, -0.25) is 14.8 Å². The van der Waals surface area contributed by atoms with E-state index < -0.39 is 0 Å². The van der Waals surface area contributed by atoms with Crippen LogP contribution in [0.5, 0.6) is 0 Å². The highest BCUT2D eigenvalue weighted by molar-refractivity contribution is 5.81. The Morgan fingerprint density at radius 3 is 2.68 bits per heavy atom. The van der Waals surface area contributed by atoms with E-state index in [1.54, 1.807) is 0 Å². The number of aromatic nitrogens is 3. The van der Waals surface area contributed by atoms with Crippen LogP contribution in [-0.2, 0) is 6.54 Å². The quantitative estimate of drug-likeness (QED) is 0.730. The monoisotopic (exact) mass is 337 g/mol. The summed E-state index contributed by atoms with van der Waals surface area (Å²) < 4.78 is 5.33. The highest BCUT2D eigenvalue weighted by Gasteiger charge is 2.25. The SMILES string of the molecule is Cc1noc([C@H](C)N2CCN(Cc3cccc4cccnc34)CC2)n1. The Bertz CT molecular complexity index is 848. The molecule has 0 radical (unpaired) electrons. The first-order chi connectivity index (χ1) is 12.2. The molecule has 6 heteroatoms. The minimum absolute atomic E-state index is 0.169. The Kier molecular flexibility index (Phi) is 4.46. The molecule has 0 spiro atoms. The van der Waals surface area contributed by atoms with Crippen LogP contribution in [-0.4, -0.2) is 51.1 Å². The van der Waals surface area contributed by atoms with E-state index in [1.165, 1.54) is 10.9 Å². The number of fused-ring (bicyclic) bond motifs is 1. The van der Waals surface area contributed by atoms with Crippen molar-refractivity contribution in [3.8, 4) is 0 Å². The second-order valence-electron chi connectivity index (χ2n) is 6.66. The topological polar surface area (TPSA) is 58.3 Å². The van der Waals surface area contributed by atoms with Crippen molar-refractivity contribution in [2.24, 2.45) is 0 Å². The zero-order valence-electron chi connectivity index (χ0n) is 14.7. The van der Waals surface area contributed by atoms with Crippen molar-refractivity contribution in [2.75, 3.05) is 26.2 Å². The molecule has 130 valence electrons. The maximum absolute atomic E-state index is 5.33. The van der Waals surface area contributed by atoms with Crippen LogP contribution in [0.25, 0.3) is 10.9 Å². The minimum atomic E-state index is 0.169. The second kappa shape index (κ2) is 6.90. The van der Waals surface area contributed by atoms with E-state index in [1.807, 2.05) is 19.2 Å². The second-order valence-corrected chi connectivity index (χ2v) is 6.66. The first-order valence-electron chi connectivity index (χ1n) is 8.80. The van der Waals surface area contributed by atoms with Gasteiger partial charge in [-0.1, -0.05) is 29.4 Å². The standard InChI is InChI=1S/C19H23N5O/c1-14(19-21-15(2)22-25-19)24-11-9-23(10-12-24)13-17-6-3-5-16-7-4-8-20-18(16)17/h3-8,14H,9-13H2,1-2H3/t14-/m0/s1. The molecule has 25 heavy (non-hydrogen) atoms. The van der Waals surface area contributed by atoms with Crippen LogP contribution in [0, 0.1) is 6.92 Å². The number of hydrogen-bond acceptors (Lipinski definition) is 6. The van der Waals surface area contributed by atoms with Gasteiger partial charge in [-0.15, -0.1) is 0 Å². The molecule has 0 N–H and O–H groups in total. The lowest BCUT2D eigenvalue weighted by atomic mass is 10.1. The van der Waals surface area contributed by atoms with Crippen LogP contribution in [0.1, 0.15) is 30.2 Å². The van der Waals surface area contributed by atoms with Crippen molar-refractivity contribution in [1.82, 2.24) is 24.9 Å². The van der Waals surface area contributed by atoms with E-state index in [0.717, 1.165) is 38.2 Å². The molecule has 1 aliphatic heterocycles. The Morgan fingerprint density at radius 2 is 1.92 bits per heavy atom. The summed E-state index contributed by atoms with van der Waals surface area (Å²) in [6.45, 7) is 8.99. The lowest BCUT2D eigenvalue weighted by Crippen LogP contribution is -2.46. The van der Waals surface area contributed by atoms with Gasteiger partial charge in [0.05, 0.1) is 11.6 Å². The van der Waals surface area contributed by atoms with Gasteiger partial charge in [0.2, 0.25) is 5.89 Å². The predicted molar refractivity (Wildman–Crippen MR) is 96.0 cm³/mol. The molecule has 2 aromatic heterocycles. The van der Waals surface area contributed by atoms with Gasteiger partial charge >= 0.3 is 0 Å². The fourth-order valence-corrected chi connectivity index (χ4v) is 3.48. The third kappa shape index (κ3) is 3.41. The van der Waals surface area contributed by atoms with Crippen molar-refractivity contribution < 1.29 is 4.52 Å². The summed E-state index contributed by atoms with van der Waals surface area (Å²) in [7, 11) is 0. The van der Waals surface area contributed by atoms with Crippen molar-refractivity contribution in [3.63, 3.8) is 0 Å². The van der Waals surface area contributed by atoms with Gasteiger partial charge < -0.3 is 4.52 Å². The molecule has 4 rings (SSSR count). The number of aryl methyl sites for hydroxylation is 1. The minimum Gasteiger partial charge on any atom is -0.338 e. The van der Waals surface area contributed by atoms with E-state index in [9.17, 15) is 0 Å². The van der Waals surface area contributed by atoms with Crippen molar-refractivity contribution in [1.29, 1.82) is 0 Å². The average Bonchev–Trinajstić information content (AvgIpc) is 3.08. The van der Waals surface area contributed by atoms with E-state index >= 15 is 0 Å². The molecule has 1 fully saturated rings. The smallest absolute Gasteiger partial charge is 0.243 e. The molecule has 1 atom stereocenters. The fraction of sp³-hybridized carbons (Fsp3) is 0.421. The summed E-state index contributed by atoms with van der Waals surface area (Å²) in [4.78, 5) is 13.8. The largest absolute Gasteiger partial charge is 0.338 e. The normalized spacial score (nSPS) is 17.8. The summed E-state index contributed by atoms with van der Waals surface area (Å²) in [5.41, 5.74) is 2.41. The van der Waals surface area contributed by atoms with E-state index in [0.29, 0.717) is 11.7 Å². The number of hydrogen-bond donors (Lipinski definition) is 0. The highest BCUT2D eigenvalue weighted by Crippen LogP contribution is 2.22. The number of para-hydroxylation sites is 1. The van der Waals surface area contributed by atoms with Gasteiger partial charge in [0, 0.05) is 44.3 Å². The molecule has 0 bridgehead atoms. The molecular weight excluding hydrogens is 314 g/mol. The lowest BCUT2D eigenvalue weighted by Gasteiger charge is -2.36. The molecule has 1 saturated heterocycles. The molecule has 3 heterocycles. The Hall–Kier alpha value is -2.31. The number of benzene rings is 1. The van der Waals surface area contributed by atoms with E-state index in [4.69, 9.17) is 4.52 Å². The molecule has 0 amide bonds. The molecule has 1 aliphatic rings. The number of rotatable bonds is 4. The van der Waals surface area contributed by atoms with Crippen LogP contribution in [0.2, 0.25) is 0 Å². The van der Waals surface area contributed by atoms with Gasteiger partial charge in [0.25, 0.3) is 0 Å². The summed E-state index contributed by atoms with van der Waals surface area (Å²) in [5, 5.41) is 5.11. The summed E-state index contributed by atoms with van der Waals surface area (Å²) in [6.07, 6.45) is 1.87. The van der Waals surface area contributed by atoms with Gasteiger partial charge in [-0.05, 0) is 25.5 Å². The zero-order chi connectivity index (χ0) is 17.2. The van der Waals surface area contributed by atoms with Crippen LogP contribution in [0.3, 0.4) is 0 Å². The highest BCUT2D eigenvalue weighted by atomic mass is 16.5. The molecule has 0 saturated carbocycles. The lowest BCUT2D eigenvalue weighted by molar-refractivity contribution is 0.0847. The zero-order valence-corrected chi connectivity index (χ0v) is 14.7. The van der Waals surface area contributed by atoms with Gasteiger partial charge in [-0.25, -0.2) is 0 Å². The third-order valence-corrected chi connectivity index (χ3v) is 4.97. The molecule has 6 nitrogen and oxygen atoms in total. The van der Waals surface area contributed by atoms with E-state index in [-0.39, 0.29) is 6.04 Å². The third-order valence-electron chi connectivity index (χ3n) is 4.97. The molecule has 1 aromatic carbocycles. The Labute approximate surface area is 147 Å². The van der Waals surface area contributed by atoms with Crippen LogP contribution in [0.15, 0.2) is 41.1 Å². The van der Waals surface area contributed by atoms with Crippen molar-refractivity contribution in [2.45, 2.75) is 26.4 Å². The number of nitrogens with zero attached hydrogens (tertiary/aromatic N) is 5. The van der Waals surface area contributed by atoms with Crippen LogP contribution in [0.4, 0.5) is 0 Å². The molecular formula is C19H23N5O.